The summed E-state index contributed by atoms with van der Waals surface area (Å²) in [5.74, 6) is 2.31. The molecule has 1 aliphatic rings. The fourth-order valence-corrected chi connectivity index (χ4v) is 3.58. The lowest BCUT2D eigenvalue weighted by molar-refractivity contribution is 0.0683. The molecule has 2 aromatic rings. The van der Waals surface area contributed by atoms with Crippen molar-refractivity contribution < 1.29 is 14.3 Å². The first-order chi connectivity index (χ1) is 12.7. The number of methoxy groups -OCH3 is 2. The fourth-order valence-electron chi connectivity index (χ4n) is 3.58. The molecule has 0 unspecified atom stereocenters. The fraction of sp³-hybridized carbons (Fsp3) is 0.409. The molecule has 0 radical (unpaired) electrons. The van der Waals surface area contributed by atoms with Crippen LogP contribution in [-0.2, 0) is 6.42 Å². The predicted molar refractivity (Wildman–Crippen MR) is 103 cm³/mol. The van der Waals surface area contributed by atoms with Crippen LogP contribution in [0.25, 0.3) is 0 Å². The molecule has 0 bridgehead atoms. The summed E-state index contributed by atoms with van der Waals surface area (Å²) >= 11 is 0. The third-order valence-electron chi connectivity index (χ3n) is 5.24. The molecule has 0 saturated carbocycles. The molecule has 1 fully saturated rings. The third-order valence-corrected chi connectivity index (χ3v) is 5.24. The van der Waals surface area contributed by atoms with Crippen molar-refractivity contribution in [1.82, 2.24) is 4.90 Å². The van der Waals surface area contributed by atoms with E-state index in [1.165, 1.54) is 12.0 Å². The Hall–Kier alpha value is -2.49. The Labute approximate surface area is 155 Å². The standard InChI is InChI=1S/C22H27NO3/c1-25-19-11-9-17(10-12-19)7-8-18-13-15-23(16-14-18)22(24)20-5-3-4-6-21(20)26-2/h3-6,9-12,18H,7-8,13-16H2,1-2H3. The van der Waals surface area contributed by atoms with E-state index in [1.807, 2.05) is 41.3 Å². The number of piperidine rings is 1. The van der Waals surface area contributed by atoms with E-state index in [-0.39, 0.29) is 5.91 Å². The van der Waals surface area contributed by atoms with E-state index in [1.54, 1.807) is 14.2 Å². The van der Waals surface area contributed by atoms with Gasteiger partial charge in [0.15, 0.2) is 0 Å². The quantitative estimate of drug-likeness (QED) is 0.782. The van der Waals surface area contributed by atoms with Crippen LogP contribution in [0.3, 0.4) is 0 Å². The molecule has 1 amide bonds. The minimum atomic E-state index is 0.0797. The van der Waals surface area contributed by atoms with Crippen LogP contribution >= 0.6 is 0 Å². The van der Waals surface area contributed by atoms with Gasteiger partial charge >= 0.3 is 0 Å². The van der Waals surface area contributed by atoms with Crippen LogP contribution in [0.4, 0.5) is 0 Å². The zero-order valence-corrected chi connectivity index (χ0v) is 15.6. The maximum atomic E-state index is 12.8. The molecule has 1 saturated heterocycles. The van der Waals surface area contributed by atoms with Crippen molar-refractivity contribution in [2.75, 3.05) is 27.3 Å². The summed E-state index contributed by atoms with van der Waals surface area (Å²) in [6, 6.07) is 15.8. The summed E-state index contributed by atoms with van der Waals surface area (Å²) in [6.07, 6.45) is 4.38. The van der Waals surface area contributed by atoms with Crippen molar-refractivity contribution in [2.45, 2.75) is 25.7 Å². The zero-order chi connectivity index (χ0) is 18.4. The molecule has 1 aliphatic heterocycles. The van der Waals surface area contributed by atoms with Crippen molar-refractivity contribution in [3.8, 4) is 11.5 Å². The van der Waals surface area contributed by atoms with Gasteiger partial charge in [-0.1, -0.05) is 24.3 Å². The number of likely N-dealkylation sites (tertiary alicyclic amines) is 1. The van der Waals surface area contributed by atoms with Gasteiger partial charge in [-0.05, 0) is 61.4 Å². The smallest absolute Gasteiger partial charge is 0.257 e. The second-order valence-electron chi connectivity index (χ2n) is 6.82. The van der Waals surface area contributed by atoms with E-state index in [9.17, 15) is 4.79 Å². The van der Waals surface area contributed by atoms with Crippen molar-refractivity contribution in [3.05, 3.63) is 59.7 Å². The van der Waals surface area contributed by atoms with Crippen LogP contribution in [0.1, 0.15) is 35.2 Å². The van der Waals surface area contributed by atoms with Crippen LogP contribution in [-0.4, -0.2) is 38.1 Å². The van der Waals surface area contributed by atoms with E-state index in [2.05, 4.69) is 12.1 Å². The summed E-state index contributed by atoms with van der Waals surface area (Å²) < 4.78 is 10.5. The lowest BCUT2D eigenvalue weighted by atomic mass is 9.90. The number of para-hydroxylation sites is 1. The Balaban J connectivity index is 1.50. The molecule has 3 rings (SSSR count). The first kappa shape index (κ1) is 18.3. The van der Waals surface area contributed by atoms with Gasteiger partial charge in [0, 0.05) is 13.1 Å². The number of hydrogen-bond donors (Lipinski definition) is 0. The molecule has 0 spiro atoms. The SMILES string of the molecule is COc1ccc(CCC2CCN(C(=O)c3ccccc3OC)CC2)cc1. The van der Waals surface area contributed by atoms with Gasteiger partial charge < -0.3 is 14.4 Å². The van der Waals surface area contributed by atoms with Crippen LogP contribution < -0.4 is 9.47 Å². The van der Waals surface area contributed by atoms with Gasteiger partial charge in [-0.2, -0.15) is 0 Å². The Bertz CT molecular complexity index is 718. The summed E-state index contributed by atoms with van der Waals surface area (Å²) in [7, 11) is 3.30. The average Bonchev–Trinajstić information content (AvgIpc) is 2.72. The number of ether oxygens (including phenoxy) is 2. The van der Waals surface area contributed by atoms with Crippen molar-refractivity contribution in [2.24, 2.45) is 5.92 Å². The average molecular weight is 353 g/mol. The van der Waals surface area contributed by atoms with E-state index in [4.69, 9.17) is 9.47 Å². The second-order valence-corrected chi connectivity index (χ2v) is 6.82. The predicted octanol–water partition coefficient (Wildman–Crippen LogP) is 4.19. The topological polar surface area (TPSA) is 38.8 Å². The lowest BCUT2D eigenvalue weighted by Gasteiger charge is -2.32. The number of nitrogens with zero attached hydrogens (tertiary/aromatic N) is 1. The summed E-state index contributed by atoms with van der Waals surface area (Å²) in [6.45, 7) is 1.65. The molecule has 138 valence electrons. The summed E-state index contributed by atoms with van der Waals surface area (Å²) in [4.78, 5) is 14.7. The minimum Gasteiger partial charge on any atom is -0.497 e. The molecule has 4 heteroatoms. The van der Waals surface area contributed by atoms with Crippen molar-refractivity contribution in [1.29, 1.82) is 0 Å². The molecule has 1 heterocycles. The maximum Gasteiger partial charge on any atom is 0.257 e. The molecule has 4 nitrogen and oxygen atoms in total. The largest absolute Gasteiger partial charge is 0.497 e. The molecule has 0 N–H and O–H groups in total. The normalized spacial score (nSPS) is 14.9. The number of carbonyl (C=O) groups excluding carboxylic acids is 1. The first-order valence-corrected chi connectivity index (χ1v) is 9.26. The van der Waals surface area contributed by atoms with Crippen LogP contribution in [0.5, 0.6) is 11.5 Å². The molecule has 2 aromatic carbocycles. The maximum absolute atomic E-state index is 12.8. The second kappa shape index (κ2) is 8.75. The Morgan fingerprint density at radius 2 is 1.69 bits per heavy atom. The van der Waals surface area contributed by atoms with Gasteiger partial charge in [-0.3, -0.25) is 4.79 Å². The van der Waals surface area contributed by atoms with Gasteiger partial charge in [-0.25, -0.2) is 0 Å². The monoisotopic (exact) mass is 353 g/mol. The summed E-state index contributed by atoms with van der Waals surface area (Å²) in [5.41, 5.74) is 2.00. The number of carbonyl (C=O) groups is 1. The zero-order valence-electron chi connectivity index (χ0n) is 15.6. The number of hydrogen-bond acceptors (Lipinski definition) is 3. The van der Waals surface area contributed by atoms with E-state index >= 15 is 0 Å². The minimum absolute atomic E-state index is 0.0797. The van der Waals surface area contributed by atoms with Crippen LogP contribution in [0.15, 0.2) is 48.5 Å². The number of benzene rings is 2. The number of rotatable bonds is 6. The van der Waals surface area contributed by atoms with E-state index in [0.717, 1.165) is 38.1 Å². The molecule has 0 aromatic heterocycles. The van der Waals surface area contributed by atoms with Crippen LogP contribution in [0, 0.1) is 5.92 Å². The molecular weight excluding hydrogens is 326 g/mol. The highest BCUT2D eigenvalue weighted by atomic mass is 16.5. The van der Waals surface area contributed by atoms with Gasteiger partial charge in [0.05, 0.1) is 19.8 Å². The molecule has 26 heavy (non-hydrogen) atoms. The van der Waals surface area contributed by atoms with Gasteiger partial charge in [-0.15, -0.1) is 0 Å². The van der Waals surface area contributed by atoms with Gasteiger partial charge in [0.2, 0.25) is 0 Å². The van der Waals surface area contributed by atoms with Gasteiger partial charge in [0.25, 0.3) is 5.91 Å². The first-order valence-electron chi connectivity index (χ1n) is 9.26. The Kier molecular flexibility index (Phi) is 6.16. The Morgan fingerprint density at radius 3 is 2.35 bits per heavy atom. The summed E-state index contributed by atoms with van der Waals surface area (Å²) in [5, 5.41) is 0. The molecule has 0 aliphatic carbocycles. The van der Waals surface area contributed by atoms with Crippen LogP contribution in [0.2, 0.25) is 0 Å². The highest BCUT2D eigenvalue weighted by Gasteiger charge is 2.25. The highest BCUT2D eigenvalue weighted by molar-refractivity contribution is 5.97. The van der Waals surface area contributed by atoms with E-state index in [0.29, 0.717) is 17.2 Å². The number of amides is 1. The van der Waals surface area contributed by atoms with E-state index < -0.39 is 0 Å². The van der Waals surface area contributed by atoms with Crippen molar-refractivity contribution >= 4 is 5.91 Å². The Morgan fingerprint density at radius 1 is 1.00 bits per heavy atom. The molecular formula is C22H27NO3. The highest BCUT2D eigenvalue weighted by Crippen LogP contribution is 2.26. The third kappa shape index (κ3) is 4.37. The lowest BCUT2D eigenvalue weighted by Crippen LogP contribution is -2.38. The molecule has 0 atom stereocenters. The van der Waals surface area contributed by atoms with Crippen molar-refractivity contribution in [3.63, 3.8) is 0 Å². The van der Waals surface area contributed by atoms with Gasteiger partial charge in [0.1, 0.15) is 11.5 Å². The number of aryl methyl sites for hydroxylation is 1.